The standard InChI is InChI=1S/C23H32N4O2/c1-23(2,3)27-21(16-8-9-16)12-20(25-27)22(29)24-13-17-6-4-5-7-18(17)14-26-11-10-19(28)15-26/h4-7,12,16,19,28H,8-11,13-15H2,1-3H3,(H,24,29)/t19-/m0/s1. The van der Waals surface area contributed by atoms with E-state index >= 15 is 0 Å². The van der Waals surface area contributed by atoms with Crippen LogP contribution in [0.3, 0.4) is 0 Å². The molecule has 1 amide bonds. The molecule has 6 heteroatoms. The van der Waals surface area contributed by atoms with Crippen LogP contribution in [0.2, 0.25) is 0 Å². The molecule has 2 fully saturated rings. The van der Waals surface area contributed by atoms with Crippen molar-refractivity contribution >= 4 is 5.91 Å². The lowest BCUT2D eigenvalue weighted by Crippen LogP contribution is -2.28. The predicted octanol–water partition coefficient (Wildman–Crippen LogP) is 3.01. The molecule has 1 saturated heterocycles. The van der Waals surface area contributed by atoms with E-state index in [4.69, 9.17) is 0 Å². The molecule has 1 atom stereocenters. The van der Waals surface area contributed by atoms with Gasteiger partial charge >= 0.3 is 0 Å². The lowest BCUT2D eigenvalue weighted by atomic mass is 10.1. The van der Waals surface area contributed by atoms with Crippen molar-refractivity contribution < 1.29 is 9.90 Å². The van der Waals surface area contributed by atoms with E-state index in [2.05, 4.69) is 48.2 Å². The van der Waals surface area contributed by atoms with E-state index in [-0.39, 0.29) is 17.6 Å². The molecule has 0 spiro atoms. The number of carbonyl (C=O) groups excluding carboxylic acids is 1. The number of aliphatic hydroxyl groups excluding tert-OH is 1. The Labute approximate surface area is 172 Å². The Kier molecular flexibility index (Phi) is 5.49. The van der Waals surface area contributed by atoms with Gasteiger partial charge in [-0.15, -0.1) is 0 Å². The molecule has 1 aliphatic heterocycles. The van der Waals surface area contributed by atoms with Gasteiger partial charge in [-0.05, 0) is 57.2 Å². The van der Waals surface area contributed by atoms with Crippen LogP contribution in [0.25, 0.3) is 0 Å². The highest BCUT2D eigenvalue weighted by Crippen LogP contribution is 2.41. The normalized spacial score (nSPS) is 20.2. The molecular formula is C23H32N4O2. The highest BCUT2D eigenvalue weighted by molar-refractivity contribution is 5.92. The summed E-state index contributed by atoms with van der Waals surface area (Å²) in [5.41, 5.74) is 3.85. The number of hydrogen-bond acceptors (Lipinski definition) is 4. The summed E-state index contributed by atoms with van der Waals surface area (Å²) in [5, 5.41) is 17.5. The second-order valence-electron chi connectivity index (χ2n) is 9.44. The number of benzene rings is 1. The third-order valence-corrected chi connectivity index (χ3v) is 5.80. The van der Waals surface area contributed by atoms with Gasteiger partial charge in [-0.3, -0.25) is 14.4 Å². The van der Waals surface area contributed by atoms with Crippen molar-refractivity contribution in [1.82, 2.24) is 20.0 Å². The molecule has 4 rings (SSSR count). The number of amides is 1. The maximum Gasteiger partial charge on any atom is 0.272 e. The van der Waals surface area contributed by atoms with Crippen LogP contribution in [-0.4, -0.2) is 44.9 Å². The van der Waals surface area contributed by atoms with Gasteiger partial charge in [0.25, 0.3) is 5.91 Å². The number of aromatic nitrogens is 2. The first kappa shape index (κ1) is 20.1. The predicted molar refractivity (Wildman–Crippen MR) is 113 cm³/mol. The minimum atomic E-state index is -0.222. The summed E-state index contributed by atoms with van der Waals surface area (Å²) >= 11 is 0. The number of aliphatic hydroxyl groups is 1. The van der Waals surface area contributed by atoms with Crippen LogP contribution in [0.4, 0.5) is 0 Å². The highest BCUT2D eigenvalue weighted by Gasteiger charge is 2.32. The number of nitrogens with one attached hydrogen (secondary N) is 1. The fourth-order valence-electron chi connectivity index (χ4n) is 4.06. The number of β-amino-alcohol motifs (C(OH)–C–C–N with tert-alkyl or cyclic N) is 1. The van der Waals surface area contributed by atoms with Gasteiger partial charge in [0.15, 0.2) is 0 Å². The third kappa shape index (κ3) is 4.70. The molecule has 156 valence electrons. The van der Waals surface area contributed by atoms with E-state index in [0.29, 0.717) is 18.2 Å². The largest absolute Gasteiger partial charge is 0.392 e. The van der Waals surface area contributed by atoms with E-state index in [0.717, 1.165) is 31.6 Å². The van der Waals surface area contributed by atoms with Gasteiger partial charge in [-0.25, -0.2) is 0 Å². The van der Waals surface area contributed by atoms with Gasteiger partial charge in [-0.1, -0.05) is 24.3 Å². The molecule has 2 aromatic rings. The van der Waals surface area contributed by atoms with Crippen molar-refractivity contribution in [2.75, 3.05) is 13.1 Å². The zero-order valence-electron chi connectivity index (χ0n) is 17.7. The average molecular weight is 397 g/mol. The molecule has 2 aliphatic rings. The van der Waals surface area contributed by atoms with Gasteiger partial charge in [0.05, 0.1) is 11.6 Å². The van der Waals surface area contributed by atoms with Crippen molar-refractivity contribution in [3.63, 3.8) is 0 Å². The Bertz CT molecular complexity index is 879. The Morgan fingerprint density at radius 2 is 1.93 bits per heavy atom. The molecule has 1 aliphatic carbocycles. The summed E-state index contributed by atoms with van der Waals surface area (Å²) in [7, 11) is 0. The van der Waals surface area contributed by atoms with Gasteiger partial charge in [0.1, 0.15) is 5.69 Å². The summed E-state index contributed by atoms with van der Waals surface area (Å²) in [6.07, 6.45) is 2.97. The van der Waals surface area contributed by atoms with Crippen molar-refractivity contribution in [3.8, 4) is 0 Å². The monoisotopic (exact) mass is 396 g/mol. The Hall–Kier alpha value is -2.18. The van der Waals surface area contributed by atoms with Crippen molar-refractivity contribution in [2.24, 2.45) is 0 Å². The van der Waals surface area contributed by atoms with Crippen molar-refractivity contribution in [1.29, 1.82) is 0 Å². The maximum atomic E-state index is 12.8. The number of hydrogen-bond donors (Lipinski definition) is 2. The fourth-order valence-corrected chi connectivity index (χ4v) is 4.06. The second kappa shape index (κ2) is 7.92. The smallest absolute Gasteiger partial charge is 0.272 e. The minimum absolute atomic E-state index is 0.124. The summed E-state index contributed by atoms with van der Waals surface area (Å²) in [6.45, 7) is 9.28. The fraction of sp³-hybridized carbons (Fsp3) is 0.565. The van der Waals surface area contributed by atoms with Gasteiger partial charge in [-0.2, -0.15) is 5.10 Å². The number of carbonyl (C=O) groups is 1. The van der Waals surface area contributed by atoms with Crippen LogP contribution in [0.15, 0.2) is 30.3 Å². The number of rotatable bonds is 6. The van der Waals surface area contributed by atoms with E-state index in [1.165, 1.54) is 24.1 Å². The average Bonchev–Trinajstić information content (AvgIpc) is 3.27. The molecule has 0 radical (unpaired) electrons. The lowest BCUT2D eigenvalue weighted by Gasteiger charge is -2.22. The van der Waals surface area contributed by atoms with Crippen LogP contribution < -0.4 is 5.32 Å². The molecule has 1 aromatic heterocycles. The van der Waals surface area contributed by atoms with Crippen LogP contribution >= 0.6 is 0 Å². The van der Waals surface area contributed by atoms with Crippen LogP contribution in [0, 0.1) is 0 Å². The molecule has 0 bridgehead atoms. The van der Waals surface area contributed by atoms with E-state index < -0.39 is 0 Å². The third-order valence-electron chi connectivity index (χ3n) is 5.80. The van der Waals surface area contributed by atoms with Crippen molar-refractivity contribution in [3.05, 3.63) is 52.8 Å². The molecule has 2 N–H and O–H groups in total. The van der Waals surface area contributed by atoms with E-state index in [1.54, 1.807) is 0 Å². The first-order valence-corrected chi connectivity index (χ1v) is 10.7. The van der Waals surface area contributed by atoms with Crippen LogP contribution in [-0.2, 0) is 18.6 Å². The molecular weight excluding hydrogens is 364 g/mol. The summed E-state index contributed by atoms with van der Waals surface area (Å²) in [4.78, 5) is 15.1. The minimum Gasteiger partial charge on any atom is -0.392 e. The van der Waals surface area contributed by atoms with E-state index in [1.807, 2.05) is 22.9 Å². The molecule has 0 unspecified atom stereocenters. The summed E-state index contributed by atoms with van der Waals surface area (Å²) < 4.78 is 2.02. The Balaban J connectivity index is 1.44. The SMILES string of the molecule is CC(C)(C)n1nc(C(=O)NCc2ccccc2CN2CC[C@H](O)C2)cc1C1CC1. The number of nitrogens with zero attached hydrogens (tertiary/aromatic N) is 3. The Morgan fingerprint density at radius 3 is 2.55 bits per heavy atom. The lowest BCUT2D eigenvalue weighted by molar-refractivity contribution is 0.0944. The van der Waals surface area contributed by atoms with Gasteiger partial charge in [0, 0.05) is 37.8 Å². The van der Waals surface area contributed by atoms with Gasteiger partial charge in [0.2, 0.25) is 0 Å². The first-order chi connectivity index (χ1) is 13.8. The molecule has 2 heterocycles. The zero-order chi connectivity index (χ0) is 20.6. The molecule has 29 heavy (non-hydrogen) atoms. The Morgan fingerprint density at radius 1 is 1.21 bits per heavy atom. The summed E-state index contributed by atoms with van der Waals surface area (Å²) in [5.74, 6) is 0.418. The molecule has 1 aromatic carbocycles. The van der Waals surface area contributed by atoms with E-state index in [9.17, 15) is 9.90 Å². The van der Waals surface area contributed by atoms with Gasteiger partial charge < -0.3 is 10.4 Å². The van der Waals surface area contributed by atoms with Crippen molar-refractivity contribution in [2.45, 2.75) is 70.7 Å². The second-order valence-corrected chi connectivity index (χ2v) is 9.44. The quantitative estimate of drug-likeness (QED) is 0.787. The molecule has 1 saturated carbocycles. The zero-order valence-corrected chi connectivity index (χ0v) is 17.7. The topological polar surface area (TPSA) is 70.4 Å². The van der Waals surface area contributed by atoms with Crippen LogP contribution in [0.5, 0.6) is 0 Å². The first-order valence-electron chi connectivity index (χ1n) is 10.7. The highest BCUT2D eigenvalue weighted by atomic mass is 16.3. The van der Waals surface area contributed by atoms with Crippen LogP contribution in [0.1, 0.15) is 73.3 Å². The summed E-state index contributed by atoms with van der Waals surface area (Å²) in [6, 6.07) is 10.2. The number of likely N-dealkylation sites (tertiary alicyclic amines) is 1. The molecule has 6 nitrogen and oxygen atoms in total. The maximum absolute atomic E-state index is 12.8.